The third-order valence-electron chi connectivity index (χ3n) is 1.79. The van der Waals surface area contributed by atoms with E-state index in [1.807, 2.05) is 0 Å². The van der Waals surface area contributed by atoms with Crippen molar-refractivity contribution in [3.8, 4) is 5.75 Å². The van der Waals surface area contributed by atoms with Crippen LogP contribution in [0, 0.1) is 0 Å². The van der Waals surface area contributed by atoms with Gasteiger partial charge in [0.15, 0.2) is 6.29 Å². The van der Waals surface area contributed by atoms with E-state index in [0.717, 1.165) is 0 Å². The minimum Gasteiger partial charge on any atom is -0.497 e. The highest BCUT2D eigenvalue weighted by Crippen LogP contribution is 2.16. The summed E-state index contributed by atoms with van der Waals surface area (Å²) in [6.45, 7) is 0.168. The van der Waals surface area contributed by atoms with Crippen molar-refractivity contribution in [3.05, 3.63) is 29.3 Å². The van der Waals surface area contributed by atoms with Crippen LogP contribution < -0.4 is 4.74 Å². The molecule has 4 nitrogen and oxygen atoms in total. The predicted octanol–water partition coefficient (Wildman–Crippen LogP) is 1.34. The van der Waals surface area contributed by atoms with Gasteiger partial charge in [-0.15, -0.1) is 0 Å². The van der Waals surface area contributed by atoms with Crippen molar-refractivity contribution < 1.29 is 14.3 Å². The molecule has 1 aromatic rings. The second kappa shape index (κ2) is 4.94. The van der Waals surface area contributed by atoms with Crippen molar-refractivity contribution in [1.29, 1.82) is 0 Å². The molecule has 1 aromatic carbocycles. The summed E-state index contributed by atoms with van der Waals surface area (Å²) in [5.74, 6) is 0.603. The number of hydrogen-bond donors (Lipinski definition) is 0. The molecule has 0 atom stereocenters. The molecule has 0 saturated carbocycles. The van der Waals surface area contributed by atoms with Gasteiger partial charge >= 0.3 is 0 Å². The summed E-state index contributed by atoms with van der Waals surface area (Å²) in [7, 11) is 1.52. The summed E-state index contributed by atoms with van der Waals surface area (Å²) < 4.78 is 4.95. The molecular weight excluding hydrogens is 182 g/mol. The Bertz CT molecular complexity index is 381. The van der Waals surface area contributed by atoms with Gasteiger partial charge in [0, 0.05) is 5.56 Å². The van der Waals surface area contributed by atoms with Gasteiger partial charge in [-0.2, -0.15) is 0 Å². The lowest BCUT2D eigenvalue weighted by Crippen LogP contribution is -1.93. The second-order valence-electron chi connectivity index (χ2n) is 2.59. The van der Waals surface area contributed by atoms with Gasteiger partial charge in [0.05, 0.1) is 13.7 Å². The molecule has 1 rings (SSSR count). The molecule has 72 valence electrons. The number of aliphatic imine (C=N–C) groups is 1. The van der Waals surface area contributed by atoms with Crippen LogP contribution in [0.4, 0.5) is 0 Å². The summed E-state index contributed by atoms with van der Waals surface area (Å²) >= 11 is 0. The number of isocyanates is 1. The molecule has 0 unspecified atom stereocenters. The van der Waals surface area contributed by atoms with E-state index in [1.165, 1.54) is 13.2 Å². The molecule has 0 fully saturated rings. The lowest BCUT2D eigenvalue weighted by Gasteiger charge is -2.03. The summed E-state index contributed by atoms with van der Waals surface area (Å²) in [4.78, 5) is 24.0. The molecule has 0 aliphatic rings. The van der Waals surface area contributed by atoms with Crippen molar-refractivity contribution in [2.45, 2.75) is 6.54 Å². The van der Waals surface area contributed by atoms with Crippen molar-refractivity contribution in [1.82, 2.24) is 0 Å². The summed E-state index contributed by atoms with van der Waals surface area (Å²) in [6.07, 6.45) is 2.13. The quantitative estimate of drug-likeness (QED) is 0.410. The fourth-order valence-corrected chi connectivity index (χ4v) is 1.07. The van der Waals surface area contributed by atoms with E-state index in [-0.39, 0.29) is 6.54 Å². The summed E-state index contributed by atoms with van der Waals surface area (Å²) in [6, 6.07) is 5.01. The number of benzene rings is 1. The molecule has 0 spiro atoms. The minimum atomic E-state index is 0.168. The normalized spacial score (nSPS) is 8.93. The van der Waals surface area contributed by atoms with Crippen LogP contribution in [-0.2, 0) is 11.3 Å². The Balaban J connectivity index is 3.04. The fraction of sp³-hybridized carbons (Fsp3) is 0.200. The van der Waals surface area contributed by atoms with E-state index >= 15 is 0 Å². The molecule has 4 heteroatoms. The Kier molecular flexibility index (Phi) is 3.58. The average molecular weight is 191 g/mol. The first-order valence-electron chi connectivity index (χ1n) is 3.97. The van der Waals surface area contributed by atoms with Gasteiger partial charge in [-0.05, 0) is 17.7 Å². The number of carbonyl (C=O) groups is 1. The molecular formula is C10H9NO3. The monoisotopic (exact) mass is 191 g/mol. The minimum absolute atomic E-state index is 0.168. The Morgan fingerprint density at radius 3 is 2.93 bits per heavy atom. The van der Waals surface area contributed by atoms with E-state index in [9.17, 15) is 9.59 Å². The van der Waals surface area contributed by atoms with E-state index in [4.69, 9.17) is 4.74 Å². The highest BCUT2D eigenvalue weighted by atomic mass is 16.5. The standard InChI is InChI=1S/C10H9NO3/c1-14-10-3-2-8(5-11-7-13)9(4-10)6-12/h2-4,6H,5H2,1H3. The Morgan fingerprint density at radius 1 is 1.57 bits per heavy atom. The first-order valence-corrected chi connectivity index (χ1v) is 3.97. The smallest absolute Gasteiger partial charge is 0.235 e. The number of hydrogen-bond acceptors (Lipinski definition) is 4. The lowest BCUT2D eigenvalue weighted by molar-refractivity contribution is 0.112. The first kappa shape index (κ1) is 10.2. The largest absolute Gasteiger partial charge is 0.497 e. The zero-order valence-electron chi connectivity index (χ0n) is 7.69. The SMILES string of the molecule is COc1ccc(CN=C=O)c(C=O)c1. The van der Waals surface area contributed by atoms with Crippen LogP contribution in [0.3, 0.4) is 0 Å². The molecule has 14 heavy (non-hydrogen) atoms. The van der Waals surface area contributed by atoms with Crippen molar-refractivity contribution in [3.63, 3.8) is 0 Å². The topological polar surface area (TPSA) is 55.7 Å². The van der Waals surface area contributed by atoms with Gasteiger partial charge in [-0.3, -0.25) is 4.79 Å². The van der Waals surface area contributed by atoms with Gasteiger partial charge < -0.3 is 4.74 Å². The Morgan fingerprint density at radius 2 is 2.36 bits per heavy atom. The Hall–Kier alpha value is -1.93. The van der Waals surface area contributed by atoms with Gasteiger partial charge in [0.2, 0.25) is 6.08 Å². The van der Waals surface area contributed by atoms with Crippen LogP contribution >= 0.6 is 0 Å². The molecule has 0 amide bonds. The number of aldehydes is 1. The average Bonchev–Trinajstić information content (AvgIpc) is 2.26. The maximum atomic E-state index is 10.7. The van der Waals surface area contributed by atoms with Crippen LogP contribution in [0.15, 0.2) is 23.2 Å². The Labute approximate surface area is 81.2 Å². The second-order valence-corrected chi connectivity index (χ2v) is 2.59. The number of rotatable bonds is 4. The maximum absolute atomic E-state index is 10.7. The lowest BCUT2D eigenvalue weighted by atomic mass is 10.1. The van der Waals surface area contributed by atoms with Crippen LogP contribution in [0.5, 0.6) is 5.75 Å². The number of ether oxygens (including phenoxy) is 1. The highest BCUT2D eigenvalue weighted by molar-refractivity contribution is 5.78. The molecule has 0 saturated heterocycles. The molecule has 0 aromatic heterocycles. The molecule has 0 heterocycles. The zero-order valence-corrected chi connectivity index (χ0v) is 7.69. The molecule has 0 radical (unpaired) electrons. The van der Waals surface area contributed by atoms with Gasteiger partial charge in [0.1, 0.15) is 5.75 Å². The maximum Gasteiger partial charge on any atom is 0.235 e. The molecule has 0 N–H and O–H groups in total. The summed E-state index contributed by atoms with van der Waals surface area (Å²) in [5, 5.41) is 0. The molecule has 0 aliphatic heterocycles. The van der Waals surface area contributed by atoms with Gasteiger partial charge in [-0.1, -0.05) is 6.07 Å². The van der Waals surface area contributed by atoms with E-state index in [0.29, 0.717) is 23.2 Å². The third-order valence-corrected chi connectivity index (χ3v) is 1.79. The number of carbonyl (C=O) groups excluding carboxylic acids is 2. The number of methoxy groups -OCH3 is 1. The van der Waals surface area contributed by atoms with E-state index in [1.54, 1.807) is 18.2 Å². The first-order chi connectivity index (χ1) is 6.81. The highest BCUT2D eigenvalue weighted by Gasteiger charge is 2.02. The van der Waals surface area contributed by atoms with Crippen LogP contribution in [0.25, 0.3) is 0 Å². The van der Waals surface area contributed by atoms with Gasteiger partial charge in [-0.25, -0.2) is 9.79 Å². The van der Waals surface area contributed by atoms with Crippen LogP contribution in [0.1, 0.15) is 15.9 Å². The fourth-order valence-electron chi connectivity index (χ4n) is 1.07. The summed E-state index contributed by atoms with van der Waals surface area (Å²) in [5.41, 5.74) is 1.16. The van der Waals surface area contributed by atoms with Crippen molar-refractivity contribution in [2.24, 2.45) is 4.99 Å². The third kappa shape index (κ3) is 2.28. The van der Waals surface area contributed by atoms with Crippen molar-refractivity contribution in [2.75, 3.05) is 7.11 Å². The molecule has 0 bridgehead atoms. The van der Waals surface area contributed by atoms with Crippen molar-refractivity contribution >= 4 is 12.4 Å². The van der Waals surface area contributed by atoms with E-state index < -0.39 is 0 Å². The van der Waals surface area contributed by atoms with Crippen LogP contribution in [0.2, 0.25) is 0 Å². The van der Waals surface area contributed by atoms with E-state index in [2.05, 4.69) is 4.99 Å². The number of nitrogens with zero attached hydrogens (tertiary/aromatic N) is 1. The van der Waals surface area contributed by atoms with Crippen LogP contribution in [-0.4, -0.2) is 19.5 Å². The predicted molar refractivity (Wildman–Crippen MR) is 50.2 cm³/mol. The molecule has 0 aliphatic carbocycles. The zero-order chi connectivity index (χ0) is 10.4. The van der Waals surface area contributed by atoms with Gasteiger partial charge in [0.25, 0.3) is 0 Å².